The van der Waals surface area contributed by atoms with E-state index in [1.54, 1.807) is 17.3 Å². The zero-order chi connectivity index (χ0) is 17.9. The molecular weight excluding hydrogens is 326 g/mol. The second-order valence-corrected chi connectivity index (χ2v) is 7.17. The molecule has 26 heavy (non-hydrogen) atoms. The lowest BCUT2D eigenvalue weighted by molar-refractivity contribution is -0.136. The molecular formula is C21H23N3O2. The highest BCUT2D eigenvalue weighted by atomic mass is 16.2. The number of amides is 2. The number of hydrogen-bond acceptors (Lipinski definition) is 3. The summed E-state index contributed by atoms with van der Waals surface area (Å²) in [6, 6.07) is 12.2. The third kappa shape index (κ3) is 3.47. The Morgan fingerprint density at radius 1 is 1.15 bits per heavy atom. The first kappa shape index (κ1) is 16.8. The molecule has 1 unspecified atom stereocenters. The van der Waals surface area contributed by atoms with E-state index in [4.69, 9.17) is 0 Å². The molecule has 1 saturated heterocycles. The van der Waals surface area contributed by atoms with Crippen LogP contribution in [0, 0.1) is 5.92 Å². The Bertz CT molecular complexity index is 806. The van der Waals surface area contributed by atoms with Crippen LogP contribution < -0.4 is 0 Å². The van der Waals surface area contributed by atoms with Crippen LogP contribution >= 0.6 is 0 Å². The van der Waals surface area contributed by atoms with Gasteiger partial charge in [-0.05, 0) is 35.6 Å². The monoisotopic (exact) mass is 349 g/mol. The Hall–Kier alpha value is -2.69. The molecule has 0 radical (unpaired) electrons. The summed E-state index contributed by atoms with van der Waals surface area (Å²) in [5.41, 5.74) is 3.57. The molecule has 2 amide bonds. The Morgan fingerprint density at radius 3 is 2.81 bits per heavy atom. The van der Waals surface area contributed by atoms with Crippen molar-refractivity contribution in [2.75, 3.05) is 13.1 Å². The van der Waals surface area contributed by atoms with Crippen molar-refractivity contribution in [2.45, 2.75) is 32.4 Å². The predicted octanol–water partition coefficient (Wildman–Crippen LogP) is 2.41. The van der Waals surface area contributed by atoms with Crippen LogP contribution in [0.25, 0.3) is 0 Å². The summed E-state index contributed by atoms with van der Waals surface area (Å²) < 4.78 is 0. The van der Waals surface area contributed by atoms with Gasteiger partial charge in [0.05, 0.1) is 5.92 Å². The Balaban J connectivity index is 1.43. The first-order chi connectivity index (χ1) is 12.7. The number of rotatable bonds is 3. The van der Waals surface area contributed by atoms with Crippen LogP contribution in [0.15, 0.2) is 48.8 Å². The molecule has 1 fully saturated rings. The van der Waals surface area contributed by atoms with Crippen molar-refractivity contribution in [3.05, 3.63) is 65.5 Å². The van der Waals surface area contributed by atoms with Crippen LogP contribution in [0.5, 0.6) is 0 Å². The number of aromatic nitrogens is 1. The third-order valence-electron chi connectivity index (χ3n) is 5.33. The average Bonchev–Trinajstić information content (AvgIpc) is 2.90. The highest BCUT2D eigenvalue weighted by Gasteiger charge is 2.36. The number of benzene rings is 1. The van der Waals surface area contributed by atoms with E-state index >= 15 is 0 Å². The van der Waals surface area contributed by atoms with Crippen molar-refractivity contribution in [3.8, 4) is 0 Å². The predicted molar refractivity (Wildman–Crippen MR) is 97.9 cm³/mol. The minimum absolute atomic E-state index is 0.0578. The summed E-state index contributed by atoms with van der Waals surface area (Å²) in [7, 11) is 0. The van der Waals surface area contributed by atoms with Gasteiger partial charge in [-0.15, -0.1) is 0 Å². The van der Waals surface area contributed by atoms with Gasteiger partial charge < -0.3 is 9.80 Å². The second-order valence-electron chi connectivity index (χ2n) is 7.17. The van der Waals surface area contributed by atoms with Crippen LogP contribution in [0.2, 0.25) is 0 Å². The summed E-state index contributed by atoms with van der Waals surface area (Å²) in [4.78, 5) is 33.2. The lowest BCUT2D eigenvalue weighted by atomic mass is 10.0. The van der Waals surface area contributed by atoms with Crippen molar-refractivity contribution in [1.82, 2.24) is 14.8 Å². The molecule has 5 nitrogen and oxygen atoms in total. The molecule has 0 spiro atoms. The molecule has 3 heterocycles. The number of pyridine rings is 1. The lowest BCUT2D eigenvalue weighted by Gasteiger charge is -2.24. The fourth-order valence-corrected chi connectivity index (χ4v) is 3.95. The maximum Gasteiger partial charge on any atom is 0.228 e. The number of likely N-dealkylation sites (tertiary alicyclic amines) is 1. The average molecular weight is 349 g/mol. The van der Waals surface area contributed by atoms with Gasteiger partial charge in [-0.1, -0.05) is 30.3 Å². The SMILES string of the molecule is O=C1CC(C(=O)N2CCCc3ccccc3C2)CN1Cc1cccnc1. The van der Waals surface area contributed by atoms with E-state index in [0.29, 0.717) is 26.1 Å². The van der Waals surface area contributed by atoms with Crippen molar-refractivity contribution < 1.29 is 9.59 Å². The maximum atomic E-state index is 13.0. The van der Waals surface area contributed by atoms with Crippen LogP contribution in [0.4, 0.5) is 0 Å². The fourth-order valence-electron chi connectivity index (χ4n) is 3.95. The normalized spacial score (nSPS) is 20.0. The number of fused-ring (bicyclic) bond motifs is 1. The summed E-state index contributed by atoms with van der Waals surface area (Å²) in [5.74, 6) is -0.0596. The minimum Gasteiger partial charge on any atom is -0.338 e. The summed E-state index contributed by atoms with van der Waals surface area (Å²) in [5, 5.41) is 0. The molecule has 2 aliphatic heterocycles. The molecule has 1 aromatic heterocycles. The molecule has 0 saturated carbocycles. The topological polar surface area (TPSA) is 53.5 Å². The number of nitrogens with zero attached hydrogens (tertiary/aromatic N) is 3. The Morgan fingerprint density at radius 2 is 2.00 bits per heavy atom. The zero-order valence-corrected chi connectivity index (χ0v) is 14.8. The molecule has 5 heteroatoms. The van der Waals surface area contributed by atoms with Gasteiger partial charge in [0.1, 0.15) is 0 Å². The van der Waals surface area contributed by atoms with Gasteiger partial charge >= 0.3 is 0 Å². The fraction of sp³-hybridized carbons (Fsp3) is 0.381. The quantitative estimate of drug-likeness (QED) is 0.855. The second kappa shape index (κ2) is 7.28. The van der Waals surface area contributed by atoms with Gasteiger partial charge in [0.15, 0.2) is 0 Å². The highest BCUT2D eigenvalue weighted by molar-refractivity contribution is 5.89. The van der Waals surface area contributed by atoms with Gasteiger partial charge in [0, 0.05) is 45.0 Å². The highest BCUT2D eigenvalue weighted by Crippen LogP contribution is 2.25. The van der Waals surface area contributed by atoms with Crippen LogP contribution in [-0.2, 0) is 29.1 Å². The standard InChI is InChI=1S/C21H23N3O2/c25-20-11-19(15-24(20)13-16-5-3-9-22-12-16)21(26)23-10-4-8-17-6-1-2-7-18(17)14-23/h1-3,5-7,9,12,19H,4,8,10-11,13-15H2. The maximum absolute atomic E-state index is 13.0. The largest absolute Gasteiger partial charge is 0.338 e. The van der Waals surface area contributed by atoms with Gasteiger partial charge in [-0.2, -0.15) is 0 Å². The first-order valence-corrected chi connectivity index (χ1v) is 9.23. The van der Waals surface area contributed by atoms with E-state index < -0.39 is 0 Å². The van der Waals surface area contributed by atoms with Crippen LogP contribution in [-0.4, -0.2) is 39.7 Å². The van der Waals surface area contributed by atoms with Crippen molar-refractivity contribution in [1.29, 1.82) is 0 Å². The van der Waals surface area contributed by atoms with E-state index in [-0.39, 0.29) is 17.7 Å². The Kier molecular flexibility index (Phi) is 4.69. The van der Waals surface area contributed by atoms with Crippen molar-refractivity contribution in [2.24, 2.45) is 5.92 Å². The number of hydrogen-bond donors (Lipinski definition) is 0. The van der Waals surface area contributed by atoms with E-state index in [9.17, 15) is 9.59 Å². The number of carbonyl (C=O) groups excluding carboxylic acids is 2. The van der Waals surface area contributed by atoms with Gasteiger partial charge in [-0.3, -0.25) is 14.6 Å². The van der Waals surface area contributed by atoms with Gasteiger partial charge in [-0.25, -0.2) is 0 Å². The first-order valence-electron chi connectivity index (χ1n) is 9.23. The smallest absolute Gasteiger partial charge is 0.228 e. The zero-order valence-electron chi connectivity index (χ0n) is 14.8. The van der Waals surface area contributed by atoms with Crippen LogP contribution in [0.1, 0.15) is 29.5 Å². The van der Waals surface area contributed by atoms with Crippen LogP contribution in [0.3, 0.4) is 0 Å². The van der Waals surface area contributed by atoms with Crippen molar-refractivity contribution >= 4 is 11.8 Å². The van der Waals surface area contributed by atoms with Crippen molar-refractivity contribution in [3.63, 3.8) is 0 Å². The van der Waals surface area contributed by atoms with E-state index in [2.05, 4.69) is 23.2 Å². The van der Waals surface area contributed by atoms with Gasteiger partial charge in [0.2, 0.25) is 11.8 Å². The molecule has 2 aromatic rings. The molecule has 2 aliphatic rings. The number of carbonyl (C=O) groups is 2. The lowest BCUT2D eigenvalue weighted by Crippen LogP contribution is -2.37. The molecule has 0 bridgehead atoms. The number of aryl methyl sites for hydroxylation is 1. The molecule has 1 aromatic carbocycles. The van der Waals surface area contributed by atoms with E-state index in [0.717, 1.165) is 24.9 Å². The van der Waals surface area contributed by atoms with Gasteiger partial charge in [0.25, 0.3) is 0 Å². The molecule has 1 atom stereocenters. The van der Waals surface area contributed by atoms with E-state index in [1.165, 1.54) is 11.1 Å². The summed E-state index contributed by atoms with van der Waals surface area (Å²) >= 11 is 0. The molecule has 0 N–H and O–H groups in total. The summed E-state index contributed by atoms with van der Waals surface area (Å²) in [6.07, 6.45) is 5.80. The molecule has 0 aliphatic carbocycles. The minimum atomic E-state index is -0.232. The Labute approximate surface area is 153 Å². The molecule has 134 valence electrons. The van der Waals surface area contributed by atoms with E-state index in [1.807, 2.05) is 23.1 Å². The summed E-state index contributed by atoms with van der Waals surface area (Å²) in [6.45, 7) is 2.45. The third-order valence-corrected chi connectivity index (χ3v) is 5.33. The molecule has 4 rings (SSSR count).